The average Bonchev–Trinajstić information content (AvgIpc) is 2.09. The fraction of sp³-hybridized carbons (Fsp3) is 1.00. The summed E-state index contributed by atoms with van der Waals surface area (Å²) in [5, 5.41) is 2.88. The van der Waals surface area contributed by atoms with Crippen LogP contribution in [0.5, 0.6) is 0 Å². The molecule has 129 valence electrons. The van der Waals surface area contributed by atoms with Crippen molar-refractivity contribution >= 4 is 8.25 Å². The van der Waals surface area contributed by atoms with Crippen LogP contribution >= 0.6 is 8.25 Å². The van der Waals surface area contributed by atoms with E-state index in [0.29, 0.717) is 10.8 Å². The molecule has 0 spiro atoms. The molecular formula is C16H35MnO3P. The van der Waals surface area contributed by atoms with Crippen molar-refractivity contribution in [1.29, 1.82) is 0 Å². The van der Waals surface area contributed by atoms with Crippen molar-refractivity contribution in [1.82, 2.24) is 0 Å². The quantitative estimate of drug-likeness (QED) is 0.527. The van der Waals surface area contributed by atoms with Crippen molar-refractivity contribution in [2.75, 3.05) is 0 Å². The van der Waals surface area contributed by atoms with Crippen molar-refractivity contribution in [3.05, 3.63) is 0 Å². The summed E-state index contributed by atoms with van der Waals surface area (Å²) in [6.07, 6.45) is 2.74. The van der Waals surface area contributed by atoms with Gasteiger partial charge in [-0.1, -0.05) is 8.25 Å². The Hall–Kier alpha value is 0.669. The Morgan fingerprint density at radius 2 is 1.10 bits per heavy atom. The minimum Gasteiger partial charge on any atom is -0.813 e. The van der Waals surface area contributed by atoms with Crippen LogP contribution in [0, 0.1) is 22.7 Å². The van der Waals surface area contributed by atoms with Crippen molar-refractivity contribution < 1.29 is 29.3 Å². The first-order valence-corrected chi connectivity index (χ1v) is 10.5. The van der Waals surface area contributed by atoms with Crippen LogP contribution in [0.25, 0.3) is 0 Å². The Morgan fingerprint density at radius 1 is 0.857 bits per heavy atom. The van der Waals surface area contributed by atoms with Gasteiger partial charge in [0.2, 0.25) is 0 Å². The summed E-state index contributed by atoms with van der Waals surface area (Å²) >= 11 is 1.13. The molecule has 0 amide bonds. The summed E-state index contributed by atoms with van der Waals surface area (Å²) in [6, 6.07) is 0. The van der Waals surface area contributed by atoms with Gasteiger partial charge in [-0.2, -0.15) is 0 Å². The van der Waals surface area contributed by atoms with E-state index in [0.717, 1.165) is 26.8 Å². The van der Waals surface area contributed by atoms with Crippen LogP contribution in [0.3, 0.4) is 0 Å². The molecule has 0 aromatic rings. The minimum absolute atomic E-state index is 0.501. The molecule has 2 unspecified atom stereocenters. The van der Waals surface area contributed by atoms with E-state index in [1.54, 1.807) is 0 Å². The van der Waals surface area contributed by atoms with Crippen LogP contribution in [-0.4, -0.2) is 0 Å². The second kappa shape index (κ2) is 11.2. The smallest absolute Gasteiger partial charge is 0.0813 e. The third kappa shape index (κ3) is 25.9. The first-order valence-electron chi connectivity index (χ1n) is 7.64. The van der Waals surface area contributed by atoms with Gasteiger partial charge < -0.3 is 14.4 Å². The Labute approximate surface area is 139 Å². The van der Waals surface area contributed by atoms with Crippen molar-refractivity contribution in [3.63, 3.8) is 0 Å². The summed E-state index contributed by atoms with van der Waals surface area (Å²) in [5.41, 5.74) is 1.00. The number of rotatable bonds is 6. The van der Waals surface area contributed by atoms with E-state index in [1.165, 1.54) is 23.5 Å². The van der Waals surface area contributed by atoms with Gasteiger partial charge in [-0.15, -0.1) is 0 Å². The van der Waals surface area contributed by atoms with Crippen LogP contribution in [0.15, 0.2) is 0 Å². The molecule has 5 heteroatoms. The molecule has 0 saturated heterocycles. The Morgan fingerprint density at radius 3 is 1.29 bits per heavy atom. The summed E-state index contributed by atoms with van der Waals surface area (Å²) < 4.78 is 8.52. The van der Waals surface area contributed by atoms with Gasteiger partial charge in [0, 0.05) is 0 Å². The van der Waals surface area contributed by atoms with Crippen LogP contribution in [0.1, 0.15) is 68.2 Å². The van der Waals surface area contributed by atoms with Crippen molar-refractivity contribution in [3.8, 4) is 0 Å². The molecule has 0 radical (unpaired) electrons. The molecule has 0 fully saturated rings. The van der Waals surface area contributed by atoms with E-state index in [4.69, 9.17) is 14.4 Å². The minimum atomic E-state index is -3.63. The molecule has 0 aliphatic heterocycles. The molecule has 2 atom stereocenters. The Balaban J connectivity index is 0. The molecule has 0 aliphatic carbocycles. The van der Waals surface area contributed by atoms with E-state index in [-0.39, 0.29) is 0 Å². The van der Waals surface area contributed by atoms with Gasteiger partial charge in [-0.25, -0.2) is 0 Å². The van der Waals surface area contributed by atoms with Crippen molar-refractivity contribution in [2.45, 2.75) is 78.9 Å². The van der Waals surface area contributed by atoms with Gasteiger partial charge >= 0.3 is 116 Å². The third-order valence-electron chi connectivity index (χ3n) is 2.67. The van der Waals surface area contributed by atoms with Crippen LogP contribution in [0.4, 0.5) is 0 Å². The predicted molar refractivity (Wildman–Crippen MR) is 85.1 cm³/mol. The first-order chi connectivity index (χ1) is 9.23. The van der Waals surface area contributed by atoms with E-state index in [2.05, 4.69) is 55.4 Å². The van der Waals surface area contributed by atoms with Crippen molar-refractivity contribution in [2.24, 2.45) is 22.7 Å². The molecule has 21 heavy (non-hydrogen) atoms. The second-order valence-electron chi connectivity index (χ2n) is 8.49. The molecule has 0 aromatic carbocycles. The SMILES string of the molecule is CC([CH2][Mn+2][CH2]C(C)CC(C)(C)C)CC(C)(C)C.O=[PH]([O-])[O-]. The van der Waals surface area contributed by atoms with Gasteiger partial charge in [0.15, 0.2) is 0 Å². The third-order valence-corrected chi connectivity index (χ3v) is 4.99. The second-order valence-corrected chi connectivity index (χ2v) is 10.5. The van der Waals surface area contributed by atoms with Crippen LogP contribution in [0.2, 0.25) is 10.6 Å². The molecule has 0 bridgehead atoms. The molecular weight excluding hydrogens is 326 g/mol. The summed E-state index contributed by atoms with van der Waals surface area (Å²) in [7, 11) is -3.63. The van der Waals surface area contributed by atoms with E-state index in [9.17, 15) is 0 Å². The molecule has 0 aromatic heterocycles. The van der Waals surface area contributed by atoms with E-state index >= 15 is 0 Å². The Kier molecular flexibility index (Phi) is 12.8. The molecule has 0 N–H and O–H groups in total. The molecule has 0 rings (SSSR count). The molecule has 0 aliphatic rings. The molecule has 0 heterocycles. The topological polar surface area (TPSA) is 63.2 Å². The zero-order valence-electron chi connectivity index (χ0n) is 15.1. The van der Waals surface area contributed by atoms with Gasteiger partial charge in [0.1, 0.15) is 0 Å². The largest absolute Gasteiger partial charge is 0.813 e. The zero-order chi connectivity index (χ0) is 17.3. The molecule has 0 saturated carbocycles. The van der Waals surface area contributed by atoms with Gasteiger partial charge in [0.05, 0.1) is 0 Å². The average molecular weight is 361 g/mol. The van der Waals surface area contributed by atoms with Crippen LogP contribution in [-0.2, 0) is 19.5 Å². The van der Waals surface area contributed by atoms with Crippen LogP contribution < -0.4 is 9.79 Å². The number of hydrogen-bond donors (Lipinski definition) is 0. The summed E-state index contributed by atoms with van der Waals surface area (Å²) in [4.78, 5) is 17.0. The number of hydrogen-bond acceptors (Lipinski definition) is 3. The first kappa shape index (κ1) is 23.9. The predicted octanol–water partition coefficient (Wildman–Crippen LogP) is 4.15. The summed E-state index contributed by atoms with van der Waals surface area (Å²) in [6.45, 7) is 19.0. The maximum absolute atomic E-state index is 8.52. The van der Waals surface area contributed by atoms with Gasteiger partial charge in [-0.3, -0.25) is 0 Å². The fourth-order valence-corrected chi connectivity index (χ4v) is 4.34. The fourth-order valence-electron chi connectivity index (χ4n) is 2.64. The summed E-state index contributed by atoms with van der Waals surface area (Å²) in [5.74, 6) is 1.80. The Bertz CT molecular complexity index is 256. The maximum atomic E-state index is 8.52. The zero-order valence-corrected chi connectivity index (χ0v) is 17.3. The standard InChI is InChI=1S/2C8H17.Mn.H3O3P/c2*1-7(2)6-8(3,4)5;;1-4(2)3/h2*7H,1,6H2,2-5H3;;4H,(H2,1,2,3)/q;;+2;/p-2. The van der Waals surface area contributed by atoms with Gasteiger partial charge in [0.25, 0.3) is 0 Å². The monoisotopic (exact) mass is 361 g/mol. The van der Waals surface area contributed by atoms with E-state index < -0.39 is 8.25 Å². The maximum Gasteiger partial charge on any atom is -0.0813 e. The molecule has 3 nitrogen and oxygen atoms in total. The normalized spacial score (nSPS) is 15.2. The van der Waals surface area contributed by atoms with Gasteiger partial charge in [-0.05, 0) is 0 Å². The van der Waals surface area contributed by atoms with E-state index in [1.807, 2.05) is 0 Å².